The lowest BCUT2D eigenvalue weighted by atomic mass is 10.0. The van der Waals surface area contributed by atoms with Gasteiger partial charge in [0.1, 0.15) is 0 Å². The minimum absolute atomic E-state index is 0.223. The van der Waals surface area contributed by atoms with E-state index in [1.54, 1.807) is 19.1 Å². The second-order valence-electron chi connectivity index (χ2n) is 4.89. The van der Waals surface area contributed by atoms with Crippen LogP contribution in [0.5, 0.6) is 0 Å². The van der Waals surface area contributed by atoms with Crippen LogP contribution in [0.25, 0.3) is 0 Å². The Bertz CT molecular complexity index is 451. The lowest BCUT2D eigenvalue weighted by Gasteiger charge is -2.14. The summed E-state index contributed by atoms with van der Waals surface area (Å²) < 4.78 is 9.84. The fourth-order valence-electron chi connectivity index (χ4n) is 1.53. The van der Waals surface area contributed by atoms with Gasteiger partial charge in [0.15, 0.2) is 6.10 Å². The minimum Gasteiger partial charge on any atom is -0.434 e. The van der Waals surface area contributed by atoms with E-state index < -0.39 is 12.3 Å². The first-order valence-corrected chi connectivity index (χ1v) is 6.35. The Morgan fingerprint density at radius 2 is 1.79 bits per heavy atom. The van der Waals surface area contributed by atoms with Crippen molar-refractivity contribution in [2.45, 2.75) is 33.8 Å². The molecular formula is C15H20O4. The van der Waals surface area contributed by atoms with Crippen LogP contribution in [0.1, 0.15) is 36.7 Å². The monoisotopic (exact) mass is 264 g/mol. The third kappa shape index (κ3) is 4.73. The van der Waals surface area contributed by atoms with Gasteiger partial charge in [-0.2, -0.15) is 0 Å². The van der Waals surface area contributed by atoms with Gasteiger partial charge in [-0.3, -0.25) is 4.79 Å². The number of hydrogen-bond acceptors (Lipinski definition) is 4. The van der Waals surface area contributed by atoms with Gasteiger partial charge in [-0.1, -0.05) is 38.1 Å². The zero-order chi connectivity index (χ0) is 14.4. The van der Waals surface area contributed by atoms with Gasteiger partial charge in [0.25, 0.3) is 0 Å². The van der Waals surface area contributed by atoms with Gasteiger partial charge in [0.2, 0.25) is 5.78 Å². The first-order valence-electron chi connectivity index (χ1n) is 6.35. The Morgan fingerprint density at radius 1 is 1.16 bits per heavy atom. The van der Waals surface area contributed by atoms with Crippen molar-refractivity contribution in [2.24, 2.45) is 5.92 Å². The van der Waals surface area contributed by atoms with E-state index in [9.17, 15) is 9.59 Å². The highest BCUT2D eigenvalue weighted by atomic mass is 16.7. The van der Waals surface area contributed by atoms with Gasteiger partial charge in [-0.15, -0.1) is 0 Å². The quantitative estimate of drug-likeness (QED) is 0.604. The Morgan fingerprint density at radius 3 is 2.37 bits per heavy atom. The van der Waals surface area contributed by atoms with Gasteiger partial charge in [-0.05, 0) is 25.3 Å². The molecule has 0 N–H and O–H groups in total. The molecule has 0 heterocycles. The largest absolute Gasteiger partial charge is 0.508 e. The van der Waals surface area contributed by atoms with Crippen molar-refractivity contribution in [2.75, 3.05) is 6.61 Å². The van der Waals surface area contributed by atoms with Crippen LogP contribution in [0.2, 0.25) is 0 Å². The van der Waals surface area contributed by atoms with Crippen LogP contribution in [-0.2, 0) is 9.47 Å². The summed E-state index contributed by atoms with van der Waals surface area (Å²) in [5.74, 6) is 0.00882. The van der Waals surface area contributed by atoms with Crippen molar-refractivity contribution >= 4 is 11.9 Å². The molecule has 0 saturated heterocycles. The molecule has 1 aromatic rings. The topological polar surface area (TPSA) is 52.6 Å². The second kappa shape index (κ2) is 6.92. The number of ketones is 1. The Kier molecular flexibility index (Phi) is 5.55. The number of rotatable bonds is 5. The molecular weight excluding hydrogens is 244 g/mol. The average molecular weight is 264 g/mol. The standard InChI is InChI=1S/C15H20O4/c1-10(2)9-18-15(17)19-12(4)14(16)13-8-6-5-7-11(13)3/h5-8,10,12H,9H2,1-4H3. The Labute approximate surface area is 113 Å². The van der Waals surface area contributed by atoms with E-state index in [4.69, 9.17) is 9.47 Å². The lowest BCUT2D eigenvalue weighted by Crippen LogP contribution is -2.26. The maximum Gasteiger partial charge on any atom is 0.508 e. The van der Waals surface area contributed by atoms with Crippen molar-refractivity contribution in [1.29, 1.82) is 0 Å². The highest BCUT2D eigenvalue weighted by Gasteiger charge is 2.21. The van der Waals surface area contributed by atoms with E-state index in [1.807, 2.05) is 32.9 Å². The first-order chi connectivity index (χ1) is 8.91. The molecule has 0 amide bonds. The summed E-state index contributed by atoms with van der Waals surface area (Å²) in [6, 6.07) is 7.20. The predicted molar refractivity (Wildman–Crippen MR) is 72.2 cm³/mol. The summed E-state index contributed by atoms with van der Waals surface area (Å²) in [5.41, 5.74) is 1.42. The maximum atomic E-state index is 12.1. The van der Waals surface area contributed by atoms with Crippen LogP contribution >= 0.6 is 0 Å². The predicted octanol–water partition coefficient (Wildman–Crippen LogP) is 3.38. The Balaban J connectivity index is 2.58. The molecule has 0 aliphatic heterocycles. The molecule has 104 valence electrons. The molecule has 0 radical (unpaired) electrons. The van der Waals surface area contributed by atoms with E-state index in [-0.39, 0.29) is 18.3 Å². The van der Waals surface area contributed by atoms with Gasteiger partial charge < -0.3 is 9.47 Å². The molecule has 4 nitrogen and oxygen atoms in total. The Hall–Kier alpha value is -1.84. The average Bonchev–Trinajstić information content (AvgIpc) is 2.36. The normalized spacial score (nSPS) is 12.1. The number of Topliss-reactive ketones (excluding diaryl/α,β-unsaturated/α-hetero) is 1. The smallest absolute Gasteiger partial charge is 0.434 e. The van der Waals surface area contributed by atoms with Crippen LogP contribution in [0.3, 0.4) is 0 Å². The summed E-state index contributed by atoms with van der Waals surface area (Å²) in [5, 5.41) is 0. The molecule has 1 rings (SSSR count). The van der Waals surface area contributed by atoms with Gasteiger partial charge in [0.05, 0.1) is 6.61 Å². The van der Waals surface area contributed by atoms with Gasteiger partial charge >= 0.3 is 6.16 Å². The molecule has 0 spiro atoms. The molecule has 0 aromatic heterocycles. The highest BCUT2D eigenvalue weighted by Crippen LogP contribution is 2.12. The molecule has 0 aliphatic rings. The van der Waals surface area contributed by atoms with E-state index in [2.05, 4.69) is 0 Å². The number of hydrogen-bond donors (Lipinski definition) is 0. The van der Waals surface area contributed by atoms with Crippen LogP contribution in [-0.4, -0.2) is 24.6 Å². The molecule has 0 fully saturated rings. The van der Waals surface area contributed by atoms with Crippen LogP contribution in [0, 0.1) is 12.8 Å². The van der Waals surface area contributed by atoms with Crippen molar-refractivity contribution in [1.82, 2.24) is 0 Å². The maximum absolute atomic E-state index is 12.1. The molecule has 1 atom stereocenters. The van der Waals surface area contributed by atoms with E-state index in [1.165, 1.54) is 0 Å². The number of aryl methyl sites for hydroxylation is 1. The fourth-order valence-corrected chi connectivity index (χ4v) is 1.53. The number of carbonyl (C=O) groups is 2. The zero-order valence-corrected chi connectivity index (χ0v) is 11.8. The van der Waals surface area contributed by atoms with Crippen LogP contribution < -0.4 is 0 Å². The summed E-state index contributed by atoms with van der Waals surface area (Å²) in [6.07, 6.45) is -1.65. The third-order valence-electron chi connectivity index (χ3n) is 2.59. The lowest BCUT2D eigenvalue weighted by molar-refractivity contribution is 0.0225. The summed E-state index contributed by atoms with van der Waals surface area (Å²) in [4.78, 5) is 23.5. The summed E-state index contributed by atoms with van der Waals surface area (Å²) in [6.45, 7) is 7.52. The molecule has 0 aliphatic carbocycles. The molecule has 1 aromatic carbocycles. The zero-order valence-electron chi connectivity index (χ0n) is 11.8. The summed E-state index contributed by atoms with van der Waals surface area (Å²) in [7, 11) is 0. The summed E-state index contributed by atoms with van der Waals surface area (Å²) >= 11 is 0. The van der Waals surface area contributed by atoms with Crippen molar-refractivity contribution in [3.05, 3.63) is 35.4 Å². The van der Waals surface area contributed by atoms with Crippen molar-refractivity contribution < 1.29 is 19.1 Å². The van der Waals surface area contributed by atoms with Crippen molar-refractivity contribution in [3.8, 4) is 0 Å². The first kappa shape index (κ1) is 15.2. The fraction of sp³-hybridized carbons (Fsp3) is 0.467. The van der Waals surface area contributed by atoms with Crippen molar-refractivity contribution in [3.63, 3.8) is 0 Å². The van der Waals surface area contributed by atoms with E-state index in [0.29, 0.717) is 5.56 Å². The molecule has 0 bridgehead atoms. The third-order valence-corrected chi connectivity index (χ3v) is 2.59. The molecule has 1 unspecified atom stereocenters. The number of benzene rings is 1. The molecule has 19 heavy (non-hydrogen) atoms. The molecule has 0 saturated carbocycles. The van der Waals surface area contributed by atoms with Crippen LogP contribution in [0.4, 0.5) is 4.79 Å². The number of carbonyl (C=O) groups excluding carboxylic acids is 2. The van der Waals surface area contributed by atoms with Gasteiger partial charge in [0, 0.05) is 5.56 Å². The number of ether oxygens (including phenoxy) is 2. The van der Waals surface area contributed by atoms with Crippen LogP contribution in [0.15, 0.2) is 24.3 Å². The van der Waals surface area contributed by atoms with E-state index >= 15 is 0 Å². The SMILES string of the molecule is Cc1ccccc1C(=O)C(C)OC(=O)OCC(C)C. The van der Waals surface area contributed by atoms with E-state index in [0.717, 1.165) is 5.56 Å². The van der Waals surface area contributed by atoms with Gasteiger partial charge in [-0.25, -0.2) is 4.79 Å². The molecule has 4 heteroatoms. The highest BCUT2D eigenvalue weighted by molar-refractivity contribution is 6.01. The second-order valence-corrected chi connectivity index (χ2v) is 4.89. The minimum atomic E-state index is -0.847.